The first-order chi connectivity index (χ1) is 7.18. The molecular weight excluding hydrogens is 192 g/mol. The van der Waals surface area contributed by atoms with Gasteiger partial charge in [-0.15, -0.1) is 6.58 Å². The molecule has 2 saturated carbocycles. The molecule has 0 aromatic carbocycles. The minimum atomic E-state index is -0.677. The van der Waals surface area contributed by atoms with Crippen molar-refractivity contribution < 1.29 is 14.3 Å². The van der Waals surface area contributed by atoms with Gasteiger partial charge in [-0.05, 0) is 25.7 Å². The van der Waals surface area contributed by atoms with Crippen molar-refractivity contribution in [2.75, 3.05) is 6.61 Å². The van der Waals surface area contributed by atoms with Crippen molar-refractivity contribution in [2.45, 2.75) is 26.2 Å². The normalized spacial score (nSPS) is 38.1. The van der Waals surface area contributed by atoms with Gasteiger partial charge in [-0.1, -0.05) is 6.08 Å². The zero-order valence-corrected chi connectivity index (χ0v) is 8.99. The zero-order valence-electron chi connectivity index (χ0n) is 8.99. The average Bonchev–Trinajstić information content (AvgIpc) is 2.89. The lowest BCUT2D eigenvalue weighted by molar-refractivity contribution is -0.149. The largest absolute Gasteiger partial charge is 0.465 e. The topological polar surface area (TPSA) is 43.4 Å². The van der Waals surface area contributed by atoms with Gasteiger partial charge in [0.25, 0.3) is 0 Å². The second-order valence-electron chi connectivity index (χ2n) is 4.30. The first-order valence-electron chi connectivity index (χ1n) is 5.52. The molecule has 3 nitrogen and oxygen atoms in total. The fourth-order valence-corrected chi connectivity index (χ4v) is 2.93. The average molecular weight is 208 g/mol. The molecule has 0 saturated heterocycles. The van der Waals surface area contributed by atoms with Gasteiger partial charge >= 0.3 is 5.97 Å². The quantitative estimate of drug-likeness (QED) is 0.524. The Morgan fingerprint density at radius 3 is 3.00 bits per heavy atom. The van der Waals surface area contributed by atoms with E-state index in [1.54, 1.807) is 13.0 Å². The number of esters is 1. The van der Waals surface area contributed by atoms with Gasteiger partial charge in [-0.2, -0.15) is 0 Å². The fourth-order valence-electron chi connectivity index (χ4n) is 2.93. The number of hydrogen-bond donors (Lipinski definition) is 0. The number of carbonyl (C=O) groups excluding carboxylic acids is 2. The molecule has 0 aromatic heterocycles. The molecule has 2 aliphatic carbocycles. The summed E-state index contributed by atoms with van der Waals surface area (Å²) in [6, 6.07) is 0. The molecule has 0 heterocycles. The van der Waals surface area contributed by atoms with Gasteiger partial charge in [-0.3, -0.25) is 9.59 Å². The highest BCUT2D eigenvalue weighted by Crippen LogP contribution is 2.65. The molecule has 0 N–H and O–H groups in total. The van der Waals surface area contributed by atoms with Crippen molar-refractivity contribution in [2.24, 2.45) is 17.3 Å². The summed E-state index contributed by atoms with van der Waals surface area (Å²) in [7, 11) is 0. The number of hydrogen-bond acceptors (Lipinski definition) is 3. The second kappa shape index (κ2) is 3.47. The Bertz CT molecular complexity index is 321. The van der Waals surface area contributed by atoms with E-state index >= 15 is 0 Å². The van der Waals surface area contributed by atoms with Crippen LogP contribution < -0.4 is 0 Å². The van der Waals surface area contributed by atoms with Crippen molar-refractivity contribution in [3.63, 3.8) is 0 Å². The summed E-state index contributed by atoms with van der Waals surface area (Å²) in [4.78, 5) is 23.5. The number of fused-ring (bicyclic) bond motifs is 1. The third-order valence-electron chi connectivity index (χ3n) is 3.67. The highest BCUT2D eigenvalue weighted by molar-refractivity contribution is 5.97. The van der Waals surface area contributed by atoms with Gasteiger partial charge in [0.1, 0.15) is 5.78 Å². The molecule has 0 spiro atoms. The molecule has 15 heavy (non-hydrogen) atoms. The predicted octanol–water partition coefficient (Wildman–Crippen LogP) is 1.72. The van der Waals surface area contributed by atoms with Crippen LogP contribution in [0.5, 0.6) is 0 Å². The van der Waals surface area contributed by atoms with Crippen LogP contribution in [0, 0.1) is 17.3 Å². The lowest BCUT2D eigenvalue weighted by atomic mass is 10.00. The lowest BCUT2D eigenvalue weighted by Crippen LogP contribution is -2.21. The van der Waals surface area contributed by atoms with E-state index < -0.39 is 5.41 Å². The molecule has 3 atom stereocenters. The molecule has 0 radical (unpaired) electrons. The van der Waals surface area contributed by atoms with Gasteiger partial charge in [0.05, 0.1) is 12.0 Å². The number of rotatable bonds is 3. The van der Waals surface area contributed by atoms with Gasteiger partial charge in [0.2, 0.25) is 0 Å². The Morgan fingerprint density at radius 1 is 1.73 bits per heavy atom. The molecule has 2 rings (SSSR count). The predicted molar refractivity (Wildman–Crippen MR) is 55.1 cm³/mol. The van der Waals surface area contributed by atoms with Gasteiger partial charge < -0.3 is 4.74 Å². The zero-order chi connectivity index (χ0) is 11.1. The summed E-state index contributed by atoms with van der Waals surface area (Å²) >= 11 is 0. The Balaban J connectivity index is 2.22. The highest BCUT2D eigenvalue weighted by atomic mass is 16.5. The summed E-state index contributed by atoms with van der Waals surface area (Å²) in [6.45, 7) is 5.85. The van der Waals surface area contributed by atoms with E-state index in [4.69, 9.17) is 4.74 Å². The first kappa shape index (κ1) is 10.4. The van der Waals surface area contributed by atoms with Crippen LogP contribution in [0.3, 0.4) is 0 Å². The van der Waals surface area contributed by atoms with Gasteiger partial charge in [0.15, 0.2) is 0 Å². The molecule has 3 unspecified atom stereocenters. The SMILES string of the molecule is C=CC1(C(=O)OCC)C2CCCC(=O)C21. The smallest absolute Gasteiger partial charge is 0.316 e. The molecule has 2 fully saturated rings. The van der Waals surface area contributed by atoms with Crippen molar-refractivity contribution in [1.82, 2.24) is 0 Å². The third-order valence-corrected chi connectivity index (χ3v) is 3.67. The Labute approximate surface area is 89.5 Å². The number of Topliss-reactive ketones (excluding diaryl/α,β-unsaturated/α-hetero) is 1. The monoisotopic (exact) mass is 208 g/mol. The van der Waals surface area contributed by atoms with Crippen molar-refractivity contribution in [3.8, 4) is 0 Å². The van der Waals surface area contributed by atoms with E-state index in [0.717, 1.165) is 12.8 Å². The van der Waals surface area contributed by atoms with Crippen LogP contribution in [0.15, 0.2) is 12.7 Å². The highest BCUT2D eigenvalue weighted by Gasteiger charge is 2.71. The van der Waals surface area contributed by atoms with Crippen LogP contribution in [0.2, 0.25) is 0 Å². The molecule has 0 bridgehead atoms. The molecule has 0 aliphatic heterocycles. The number of ketones is 1. The molecule has 2 aliphatic rings. The molecule has 82 valence electrons. The van der Waals surface area contributed by atoms with Crippen LogP contribution in [0.25, 0.3) is 0 Å². The van der Waals surface area contributed by atoms with Crippen LogP contribution in [-0.2, 0) is 14.3 Å². The van der Waals surface area contributed by atoms with E-state index in [2.05, 4.69) is 6.58 Å². The Hall–Kier alpha value is -1.12. The minimum Gasteiger partial charge on any atom is -0.465 e. The summed E-state index contributed by atoms with van der Waals surface area (Å²) in [5.74, 6) is -0.0254. The maximum absolute atomic E-state index is 11.8. The van der Waals surface area contributed by atoms with Crippen molar-refractivity contribution >= 4 is 11.8 Å². The van der Waals surface area contributed by atoms with Crippen LogP contribution in [-0.4, -0.2) is 18.4 Å². The van der Waals surface area contributed by atoms with Crippen molar-refractivity contribution in [1.29, 1.82) is 0 Å². The Kier molecular flexibility index (Phi) is 2.41. The second-order valence-corrected chi connectivity index (χ2v) is 4.30. The standard InChI is InChI=1S/C12H16O3/c1-3-12(11(14)15-4-2)8-6-5-7-9(13)10(8)12/h3,8,10H,1,4-7H2,2H3. The van der Waals surface area contributed by atoms with E-state index in [9.17, 15) is 9.59 Å². The third kappa shape index (κ3) is 1.25. The summed E-state index contributed by atoms with van der Waals surface area (Å²) < 4.78 is 5.04. The Morgan fingerprint density at radius 2 is 2.47 bits per heavy atom. The van der Waals surface area contributed by atoms with Crippen LogP contribution >= 0.6 is 0 Å². The van der Waals surface area contributed by atoms with Crippen molar-refractivity contribution in [3.05, 3.63) is 12.7 Å². The molecule has 0 amide bonds. The van der Waals surface area contributed by atoms with Gasteiger partial charge in [-0.25, -0.2) is 0 Å². The number of carbonyl (C=O) groups is 2. The molecular formula is C12H16O3. The maximum atomic E-state index is 11.8. The summed E-state index contributed by atoms with van der Waals surface area (Å²) in [6.07, 6.45) is 4.08. The van der Waals surface area contributed by atoms with Crippen LogP contribution in [0.1, 0.15) is 26.2 Å². The minimum absolute atomic E-state index is 0.136. The first-order valence-corrected chi connectivity index (χ1v) is 5.52. The molecule has 0 aromatic rings. The number of ether oxygens (including phenoxy) is 1. The summed E-state index contributed by atoms with van der Waals surface area (Å²) in [5, 5.41) is 0. The van der Waals surface area contributed by atoms with E-state index in [0.29, 0.717) is 13.0 Å². The van der Waals surface area contributed by atoms with E-state index in [1.807, 2.05) is 0 Å². The van der Waals surface area contributed by atoms with E-state index in [-0.39, 0.29) is 23.6 Å². The maximum Gasteiger partial charge on any atom is 0.316 e. The molecule has 3 heteroatoms. The van der Waals surface area contributed by atoms with E-state index in [1.165, 1.54) is 0 Å². The fraction of sp³-hybridized carbons (Fsp3) is 0.667. The van der Waals surface area contributed by atoms with Crippen LogP contribution in [0.4, 0.5) is 0 Å². The lowest BCUT2D eigenvalue weighted by Gasteiger charge is -2.10. The van der Waals surface area contributed by atoms with Gasteiger partial charge in [0, 0.05) is 12.3 Å². The summed E-state index contributed by atoms with van der Waals surface area (Å²) in [5.41, 5.74) is -0.677.